The van der Waals surface area contributed by atoms with Crippen molar-refractivity contribution >= 4 is 41.3 Å². The van der Waals surface area contributed by atoms with E-state index in [0.29, 0.717) is 5.06 Å². The average molecular weight is 449 g/mol. The van der Waals surface area contributed by atoms with Crippen molar-refractivity contribution in [2.75, 3.05) is 10.6 Å². The van der Waals surface area contributed by atoms with Gasteiger partial charge >= 0.3 is 18.2 Å². The van der Waals surface area contributed by atoms with Gasteiger partial charge in [-0.05, 0) is 59.7 Å². The third-order valence-corrected chi connectivity index (χ3v) is 3.71. The van der Waals surface area contributed by atoms with Gasteiger partial charge in [-0.15, -0.1) is 5.06 Å². The average Bonchev–Trinajstić information content (AvgIpc) is 2.91. The summed E-state index contributed by atoms with van der Waals surface area (Å²) in [5, 5.41) is 5.35. The smallest absolute Gasteiger partial charge is 0.412 e. The summed E-state index contributed by atoms with van der Waals surface area (Å²) in [6, 6.07) is 3.84. The molecule has 2 rings (SSSR count). The minimum absolute atomic E-state index is 0.0126. The van der Waals surface area contributed by atoms with Gasteiger partial charge in [-0.2, -0.15) is 0 Å². The molecular weight excluding hydrogens is 422 g/mol. The quantitative estimate of drug-likeness (QED) is 0.665. The van der Waals surface area contributed by atoms with Crippen LogP contribution in [0.1, 0.15) is 64.7 Å². The fraction of sp³-hybridized carbons (Fsp3) is 0.476. The lowest BCUT2D eigenvalue weighted by Gasteiger charge is -2.22. The molecule has 4 amide bonds. The van der Waals surface area contributed by atoms with Crippen molar-refractivity contribution in [3.8, 4) is 0 Å². The number of amides is 4. The minimum atomic E-state index is -0.996. The standard InChI is InChI=1S/C21H27N3O8/c1-20(2,3)30-18(28)22-13-8-7-12(11-14(13)23-19(29)31-21(4,5)6)17(27)32-24-15(25)9-10-16(24)26/h7-8,11H,9-10H2,1-6H3,(H,22,28)(H,23,29). The van der Waals surface area contributed by atoms with Crippen LogP contribution in [0.3, 0.4) is 0 Å². The first-order chi connectivity index (χ1) is 14.6. The van der Waals surface area contributed by atoms with Crippen molar-refractivity contribution in [3.05, 3.63) is 23.8 Å². The number of ether oxygens (including phenoxy) is 2. The number of nitrogens with one attached hydrogen (secondary N) is 2. The number of carbonyl (C=O) groups is 5. The van der Waals surface area contributed by atoms with E-state index in [-0.39, 0.29) is 29.8 Å². The zero-order chi connectivity index (χ0) is 24.3. The molecule has 0 aliphatic carbocycles. The van der Waals surface area contributed by atoms with Crippen molar-refractivity contribution in [2.45, 2.75) is 65.6 Å². The van der Waals surface area contributed by atoms with E-state index >= 15 is 0 Å². The Balaban J connectivity index is 2.28. The maximum absolute atomic E-state index is 12.5. The van der Waals surface area contributed by atoms with Crippen LogP contribution in [0.2, 0.25) is 0 Å². The Morgan fingerprint density at radius 2 is 1.28 bits per heavy atom. The Morgan fingerprint density at radius 3 is 1.75 bits per heavy atom. The Morgan fingerprint density at radius 1 is 0.812 bits per heavy atom. The molecule has 1 fully saturated rings. The van der Waals surface area contributed by atoms with E-state index in [1.807, 2.05) is 0 Å². The van der Waals surface area contributed by atoms with Gasteiger partial charge in [0.15, 0.2) is 0 Å². The van der Waals surface area contributed by atoms with Crippen molar-refractivity contribution in [2.24, 2.45) is 0 Å². The number of anilines is 2. The number of hydrogen-bond donors (Lipinski definition) is 2. The largest absolute Gasteiger partial charge is 0.444 e. The molecule has 1 aliphatic rings. The molecule has 1 heterocycles. The van der Waals surface area contributed by atoms with Crippen LogP contribution in [-0.4, -0.2) is 46.2 Å². The van der Waals surface area contributed by atoms with Gasteiger partial charge in [0.2, 0.25) is 0 Å². The number of hydrogen-bond acceptors (Lipinski definition) is 8. The van der Waals surface area contributed by atoms with E-state index in [1.54, 1.807) is 41.5 Å². The van der Waals surface area contributed by atoms with E-state index < -0.39 is 41.2 Å². The van der Waals surface area contributed by atoms with Crippen molar-refractivity contribution in [1.82, 2.24) is 5.06 Å². The highest BCUT2D eigenvalue weighted by molar-refractivity contribution is 6.03. The molecule has 0 bridgehead atoms. The molecule has 11 nitrogen and oxygen atoms in total. The fourth-order valence-electron chi connectivity index (χ4n) is 2.50. The lowest BCUT2D eigenvalue weighted by atomic mass is 10.1. The summed E-state index contributed by atoms with van der Waals surface area (Å²) >= 11 is 0. The van der Waals surface area contributed by atoms with Gasteiger partial charge in [0.25, 0.3) is 11.8 Å². The Labute approximate surface area is 185 Å². The van der Waals surface area contributed by atoms with Gasteiger partial charge in [-0.3, -0.25) is 20.2 Å². The summed E-state index contributed by atoms with van der Waals surface area (Å²) in [6.45, 7) is 10.1. The fourth-order valence-corrected chi connectivity index (χ4v) is 2.50. The molecule has 174 valence electrons. The van der Waals surface area contributed by atoms with E-state index in [2.05, 4.69) is 10.6 Å². The predicted molar refractivity (Wildman–Crippen MR) is 113 cm³/mol. The molecule has 0 atom stereocenters. The van der Waals surface area contributed by atoms with Crippen LogP contribution >= 0.6 is 0 Å². The second-order valence-corrected chi connectivity index (χ2v) is 8.97. The summed E-state index contributed by atoms with van der Waals surface area (Å²) in [7, 11) is 0. The topological polar surface area (TPSA) is 140 Å². The van der Waals surface area contributed by atoms with E-state index in [9.17, 15) is 24.0 Å². The predicted octanol–water partition coefficient (Wildman–Crippen LogP) is 3.60. The van der Waals surface area contributed by atoms with E-state index in [1.165, 1.54) is 18.2 Å². The second kappa shape index (κ2) is 9.25. The van der Waals surface area contributed by atoms with E-state index in [0.717, 1.165) is 0 Å². The molecule has 32 heavy (non-hydrogen) atoms. The van der Waals surface area contributed by atoms with Gasteiger partial charge in [0.05, 0.1) is 16.9 Å². The molecule has 0 saturated carbocycles. The highest BCUT2D eigenvalue weighted by Crippen LogP contribution is 2.26. The molecule has 0 radical (unpaired) electrons. The number of rotatable bonds is 4. The number of imide groups is 1. The number of nitrogens with zero attached hydrogens (tertiary/aromatic N) is 1. The van der Waals surface area contributed by atoms with Crippen LogP contribution in [0.4, 0.5) is 21.0 Å². The van der Waals surface area contributed by atoms with Crippen LogP contribution in [0.15, 0.2) is 18.2 Å². The number of hydroxylamine groups is 2. The number of benzene rings is 1. The SMILES string of the molecule is CC(C)(C)OC(=O)Nc1ccc(C(=O)ON2C(=O)CCC2=O)cc1NC(=O)OC(C)(C)C. The van der Waals surface area contributed by atoms with Crippen LogP contribution in [-0.2, 0) is 23.9 Å². The summed E-state index contributed by atoms with van der Waals surface area (Å²) in [5.74, 6) is -2.25. The normalized spacial score (nSPS) is 14.1. The molecule has 1 saturated heterocycles. The summed E-state index contributed by atoms with van der Waals surface area (Å²) in [4.78, 5) is 65.1. The monoisotopic (exact) mass is 449 g/mol. The highest BCUT2D eigenvalue weighted by Gasteiger charge is 2.33. The first kappa shape index (κ1) is 24.6. The molecule has 0 aromatic heterocycles. The summed E-state index contributed by atoms with van der Waals surface area (Å²) < 4.78 is 10.4. The molecule has 0 spiro atoms. The first-order valence-corrected chi connectivity index (χ1v) is 9.87. The zero-order valence-corrected chi connectivity index (χ0v) is 18.9. The van der Waals surface area contributed by atoms with Crippen LogP contribution in [0.5, 0.6) is 0 Å². The minimum Gasteiger partial charge on any atom is -0.444 e. The molecular formula is C21H27N3O8. The van der Waals surface area contributed by atoms with Gasteiger partial charge < -0.3 is 14.3 Å². The van der Waals surface area contributed by atoms with Crippen molar-refractivity contribution in [1.29, 1.82) is 0 Å². The second-order valence-electron chi connectivity index (χ2n) is 8.97. The number of carbonyl (C=O) groups excluding carboxylic acids is 5. The molecule has 1 aliphatic heterocycles. The maximum Gasteiger partial charge on any atom is 0.412 e. The molecule has 2 N–H and O–H groups in total. The Kier molecular flexibility index (Phi) is 7.12. The Bertz CT molecular complexity index is 927. The van der Waals surface area contributed by atoms with Gasteiger partial charge in [0, 0.05) is 12.8 Å². The van der Waals surface area contributed by atoms with Gasteiger partial charge in [-0.25, -0.2) is 14.4 Å². The molecule has 11 heteroatoms. The molecule has 1 aromatic rings. The van der Waals surface area contributed by atoms with Crippen LogP contribution in [0, 0.1) is 0 Å². The van der Waals surface area contributed by atoms with Crippen molar-refractivity contribution in [3.63, 3.8) is 0 Å². The third-order valence-electron chi connectivity index (χ3n) is 3.71. The van der Waals surface area contributed by atoms with Crippen LogP contribution < -0.4 is 10.6 Å². The first-order valence-electron chi connectivity index (χ1n) is 9.87. The summed E-state index contributed by atoms with van der Waals surface area (Å²) in [6.07, 6.45) is -1.71. The summed E-state index contributed by atoms with van der Waals surface area (Å²) in [5.41, 5.74) is -1.51. The van der Waals surface area contributed by atoms with Gasteiger partial charge in [0.1, 0.15) is 11.2 Å². The molecule has 0 unspecified atom stereocenters. The maximum atomic E-state index is 12.5. The highest BCUT2D eigenvalue weighted by atomic mass is 16.7. The molecule has 1 aromatic carbocycles. The van der Waals surface area contributed by atoms with Gasteiger partial charge in [-0.1, -0.05) is 0 Å². The van der Waals surface area contributed by atoms with E-state index in [4.69, 9.17) is 14.3 Å². The zero-order valence-electron chi connectivity index (χ0n) is 18.9. The lowest BCUT2D eigenvalue weighted by molar-refractivity contribution is -0.172. The third kappa shape index (κ3) is 7.25. The Hall–Kier alpha value is -3.63. The van der Waals surface area contributed by atoms with Crippen molar-refractivity contribution < 1.29 is 38.3 Å². The van der Waals surface area contributed by atoms with Crippen LogP contribution in [0.25, 0.3) is 0 Å². The lowest BCUT2D eigenvalue weighted by Crippen LogP contribution is -2.32.